The Labute approximate surface area is 258 Å². The Morgan fingerprint density at radius 3 is 2.07 bits per heavy atom. The maximum Gasteiger partial charge on any atom is 0.263 e. The summed E-state index contributed by atoms with van der Waals surface area (Å²) in [6.07, 6.45) is 0. The summed E-state index contributed by atoms with van der Waals surface area (Å²) in [5.41, 5.74) is 3.47. The fraction of sp³-hybridized carbons (Fsp3) is 0.121. The predicted octanol–water partition coefficient (Wildman–Crippen LogP) is 7.56. The van der Waals surface area contributed by atoms with Crippen LogP contribution in [-0.4, -0.2) is 38.1 Å². The lowest BCUT2D eigenvalue weighted by Crippen LogP contribution is -2.19. The molecule has 2 N–H and O–H groups in total. The Morgan fingerprint density at radius 1 is 0.767 bits per heavy atom. The fourth-order valence-corrected chi connectivity index (χ4v) is 6.07. The molecule has 2 amide bonds. The summed E-state index contributed by atoms with van der Waals surface area (Å²) in [7, 11) is 4.64. The monoisotopic (exact) mass is 611 g/mol. The number of nitrogens with one attached hydrogen (secondary N) is 2. The minimum Gasteiger partial charge on any atom is -0.497 e. The fourth-order valence-electron chi connectivity index (χ4n) is 4.32. The van der Waals surface area contributed by atoms with Crippen LogP contribution in [-0.2, 0) is 4.79 Å². The van der Waals surface area contributed by atoms with Gasteiger partial charge in [0.05, 0.1) is 27.0 Å². The number of methoxy groups -OCH3 is 3. The van der Waals surface area contributed by atoms with Crippen LogP contribution < -0.4 is 24.8 Å². The number of aromatic nitrogens is 1. The Bertz CT molecular complexity index is 1670. The van der Waals surface area contributed by atoms with Crippen molar-refractivity contribution in [2.45, 2.75) is 10.1 Å². The van der Waals surface area contributed by atoms with Crippen LogP contribution >= 0.6 is 23.1 Å². The van der Waals surface area contributed by atoms with Crippen LogP contribution in [0.2, 0.25) is 0 Å². The molecular weight excluding hydrogens is 583 g/mol. The number of rotatable bonds is 11. The van der Waals surface area contributed by atoms with Gasteiger partial charge >= 0.3 is 0 Å². The van der Waals surface area contributed by atoms with Gasteiger partial charge in [-0.15, -0.1) is 23.1 Å². The summed E-state index contributed by atoms with van der Waals surface area (Å²) in [5.74, 6) is 1.05. The van der Waals surface area contributed by atoms with Gasteiger partial charge < -0.3 is 24.8 Å². The molecular formula is C33H29N3O5S2. The molecule has 218 valence electrons. The van der Waals surface area contributed by atoms with E-state index in [1.807, 2.05) is 72.1 Å². The lowest BCUT2D eigenvalue weighted by Gasteiger charge is -2.17. The number of ether oxygens (including phenoxy) is 3. The zero-order valence-corrected chi connectivity index (χ0v) is 25.3. The van der Waals surface area contributed by atoms with E-state index in [0.717, 1.165) is 27.5 Å². The number of thioether (sulfide) groups is 1. The lowest BCUT2D eigenvalue weighted by atomic mass is 10.1. The number of nitrogens with zero attached hydrogens (tertiary/aromatic N) is 1. The molecule has 0 aliphatic heterocycles. The van der Waals surface area contributed by atoms with Crippen molar-refractivity contribution < 1.29 is 23.8 Å². The van der Waals surface area contributed by atoms with Crippen LogP contribution in [0.5, 0.6) is 17.2 Å². The first-order valence-electron chi connectivity index (χ1n) is 13.2. The Kier molecular flexibility index (Phi) is 9.60. The highest BCUT2D eigenvalue weighted by Gasteiger charge is 2.24. The van der Waals surface area contributed by atoms with E-state index in [0.29, 0.717) is 27.9 Å². The highest BCUT2D eigenvalue weighted by atomic mass is 32.2. The molecule has 0 saturated carbocycles. The van der Waals surface area contributed by atoms with Crippen molar-refractivity contribution in [3.63, 3.8) is 0 Å². The van der Waals surface area contributed by atoms with Crippen molar-refractivity contribution in [3.8, 4) is 28.5 Å². The van der Waals surface area contributed by atoms with Gasteiger partial charge in [-0.25, -0.2) is 4.98 Å². The molecule has 0 aliphatic carbocycles. The number of anilines is 2. The largest absolute Gasteiger partial charge is 0.497 e. The van der Waals surface area contributed by atoms with Crippen molar-refractivity contribution in [2.24, 2.45) is 0 Å². The molecule has 43 heavy (non-hydrogen) atoms. The van der Waals surface area contributed by atoms with E-state index in [9.17, 15) is 9.59 Å². The van der Waals surface area contributed by atoms with Gasteiger partial charge in [0.25, 0.3) is 5.91 Å². The van der Waals surface area contributed by atoms with Crippen LogP contribution in [0.4, 0.5) is 10.8 Å². The van der Waals surface area contributed by atoms with Gasteiger partial charge in [0.15, 0.2) is 5.13 Å². The third-order valence-electron chi connectivity index (χ3n) is 6.48. The first kappa shape index (κ1) is 29.7. The van der Waals surface area contributed by atoms with E-state index in [1.165, 1.54) is 37.3 Å². The molecule has 1 atom stereocenters. The van der Waals surface area contributed by atoms with E-state index in [1.54, 1.807) is 37.4 Å². The van der Waals surface area contributed by atoms with E-state index in [4.69, 9.17) is 14.2 Å². The number of amides is 2. The standard InChI is InChI=1S/C33H29N3O5S2/c1-39-24-16-12-21(13-17-24)26-20-42-33(35-26)36-32(38)30(22-8-5-4-6-9-22)43-25-18-14-23(15-19-25)34-31(37)29-27(40-2)10-7-11-28(29)41-3/h4-20,30H,1-3H3,(H,34,37)(H,35,36,38). The number of benzene rings is 4. The number of carbonyl (C=O) groups excluding carboxylic acids is 2. The average molecular weight is 612 g/mol. The highest BCUT2D eigenvalue weighted by molar-refractivity contribution is 8.00. The Hall–Kier alpha value is -4.80. The minimum atomic E-state index is -0.534. The number of thiazole rings is 1. The molecule has 1 heterocycles. The van der Waals surface area contributed by atoms with E-state index < -0.39 is 5.25 Å². The zero-order valence-electron chi connectivity index (χ0n) is 23.7. The second kappa shape index (κ2) is 13.9. The van der Waals surface area contributed by atoms with E-state index in [2.05, 4.69) is 15.6 Å². The van der Waals surface area contributed by atoms with Crippen LogP contribution in [0, 0.1) is 0 Å². The number of hydrogen-bond donors (Lipinski definition) is 2. The summed E-state index contributed by atoms with van der Waals surface area (Å²) >= 11 is 2.78. The Morgan fingerprint density at radius 2 is 1.44 bits per heavy atom. The van der Waals surface area contributed by atoms with Gasteiger partial charge in [-0.1, -0.05) is 36.4 Å². The molecule has 0 aliphatic rings. The molecule has 1 aromatic heterocycles. The smallest absolute Gasteiger partial charge is 0.263 e. The average Bonchev–Trinajstić information content (AvgIpc) is 3.52. The molecule has 0 radical (unpaired) electrons. The van der Waals surface area contributed by atoms with Crippen molar-refractivity contribution in [3.05, 3.63) is 114 Å². The molecule has 5 aromatic rings. The Balaban J connectivity index is 1.30. The molecule has 0 bridgehead atoms. The van der Waals surface area contributed by atoms with Gasteiger partial charge in [-0.2, -0.15) is 0 Å². The second-order valence-corrected chi connectivity index (χ2v) is 11.2. The molecule has 5 rings (SSSR count). The third-order valence-corrected chi connectivity index (χ3v) is 8.51. The topological polar surface area (TPSA) is 98.8 Å². The molecule has 0 fully saturated rings. The summed E-state index contributed by atoms with van der Waals surface area (Å²) in [5, 5.41) is 7.78. The number of carbonyl (C=O) groups is 2. The summed E-state index contributed by atoms with van der Waals surface area (Å²) in [6, 6.07) is 29.7. The zero-order chi connectivity index (χ0) is 30.2. The molecule has 1 unspecified atom stereocenters. The minimum absolute atomic E-state index is 0.188. The van der Waals surface area contributed by atoms with E-state index >= 15 is 0 Å². The van der Waals surface area contributed by atoms with Crippen molar-refractivity contribution >= 4 is 45.7 Å². The van der Waals surface area contributed by atoms with Gasteiger partial charge in [0.1, 0.15) is 28.1 Å². The summed E-state index contributed by atoms with van der Waals surface area (Å²) < 4.78 is 16.0. The van der Waals surface area contributed by atoms with Crippen LogP contribution in [0.25, 0.3) is 11.3 Å². The van der Waals surface area contributed by atoms with Crippen LogP contribution in [0.1, 0.15) is 21.2 Å². The predicted molar refractivity (Wildman–Crippen MR) is 172 cm³/mol. The van der Waals surface area contributed by atoms with Crippen molar-refractivity contribution in [1.82, 2.24) is 4.98 Å². The van der Waals surface area contributed by atoms with Crippen LogP contribution in [0.3, 0.4) is 0 Å². The summed E-state index contributed by atoms with van der Waals surface area (Å²) in [6.45, 7) is 0. The first-order valence-corrected chi connectivity index (χ1v) is 15.0. The van der Waals surface area contributed by atoms with Crippen molar-refractivity contribution in [1.29, 1.82) is 0 Å². The van der Waals surface area contributed by atoms with Gasteiger partial charge in [-0.05, 0) is 66.2 Å². The lowest BCUT2D eigenvalue weighted by molar-refractivity contribution is -0.115. The quantitative estimate of drug-likeness (QED) is 0.149. The first-order chi connectivity index (χ1) is 21.0. The van der Waals surface area contributed by atoms with Gasteiger partial charge in [0, 0.05) is 21.5 Å². The van der Waals surface area contributed by atoms with Gasteiger partial charge in [-0.3, -0.25) is 9.59 Å². The molecule has 0 saturated heterocycles. The summed E-state index contributed by atoms with van der Waals surface area (Å²) in [4.78, 5) is 32.1. The molecule has 0 spiro atoms. The molecule has 4 aromatic carbocycles. The SMILES string of the molecule is COc1ccc(-c2csc(NC(=O)C(Sc3ccc(NC(=O)c4c(OC)cccc4OC)cc3)c3ccccc3)n2)cc1. The number of hydrogen-bond acceptors (Lipinski definition) is 8. The third kappa shape index (κ3) is 7.17. The highest BCUT2D eigenvalue weighted by Crippen LogP contribution is 2.38. The normalized spacial score (nSPS) is 11.3. The van der Waals surface area contributed by atoms with Crippen LogP contribution in [0.15, 0.2) is 107 Å². The van der Waals surface area contributed by atoms with E-state index in [-0.39, 0.29) is 11.8 Å². The molecule has 10 heteroatoms. The second-order valence-electron chi connectivity index (χ2n) is 9.18. The van der Waals surface area contributed by atoms with Crippen molar-refractivity contribution in [2.75, 3.05) is 32.0 Å². The maximum absolute atomic E-state index is 13.6. The molecule has 8 nitrogen and oxygen atoms in total. The maximum atomic E-state index is 13.6. The van der Waals surface area contributed by atoms with Gasteiger partial charge in [0.2, 0.25) is 5.91 Å².